The van der Waals surface area contributed by atoms with E-state index in [0.29, 0.717) is 0 Å². The fraction of sp³-hybridized carbons (Fsp3) is 0.500. The maximum absolute atomic E-state index is 6.02. The molecular formula is C12H16ClNO. The highest BCUT2D eigenvalue weighted by molar-refractivity contribution is 6.30. The number of rotatable bonds is 2. The summed E-state index contributed by atoms with van der Waals surface area (Å²) in [5.41, 5.74) is 2.56. The van der Waals surface area contributed by atoms with Gasteiger partial charge in [0.1, 0.15) is 0 Å². The molecule has 1 N–H and O–H groups in total. The monoisotopic (exact) mass is 225 g/mol. The number of hydrogen-bond acceptors (Lipinski definition) is 2. The molecule has 1 aliphatic heterocycles. The van der Waals surface area contributed by atoms with Crippen molar-refractivity contribution in [3.63, 3.8) is 0 Å². The van der Waals surface area contributed by atoms with Gasteiger partial charge in [-0.3, -0.25) is 0 Å². The number of benzene rings is 1. The molecule has 1 fully saturated rings. The van der Waals surface area contributed by atoms with E-state index in [9.17, 15) is 0 Å². The number of aryl methyl sites for hydroxylation is 1. The van der Waals surface area contributed by atoms with E-state index in [4.69, 9.17) is 16.3 Å². The third-order valence-corrected chi connectivity index (χ3v) is 3.00. The van der Waals surface area contributed by atoms with Crippen LogP contribution in [0.3, 0.4) is 0 Å². The predicted octanol–water partition coefficient (Wildman–Crippen LogP) is 2.56. The minimum absolute atomic E-state index is 0.160. The second-order valence-corrected chi connectivity index (χ2v) is 4.20. The first-order valence-electron chi connectivity index (χ1n) is 5.42. The molecule has 0 bridgehead atoms. The van der Waals surface area contributed by atoms with Crippen molar-refractivity contribution in [2.24, 2.45) is 0 Å². The van der Waals surface area contributed by atoms with Crippen molar-refractivity contribution in [1.29, 1.82) is 0 Å². The topological polar surface area (TPSA) is 21.3 Å². The highest BCUT2D eigenvalue weighted by atomic mass is 35.5. The molecule has 0 amide bonds. The van der Waals surface area contributed by atoms with E-state index in [1.54, 1.807) is 0 Å². The van der Waals surface area contributed by atoms with Crippen LogP contribution in [0.1, 0.15) is 24.2 Å². The van der Waals surface area contributed by atoms with Gasteiger partial charge in [0.2, 0.25) is 0 Å². The molecule has 0 saturated carbocycles. The summed E-state index contributed by atoms with van der Waals surface area (Å²) in [6.07, 6.45) is 1.18. The Morgan fingerprint density at radius 1 is 1.53 bits per heavy atom. The number of ether oxygens (including phenoxy) is 1. The van der Waals surface area contributed by atoms with Crippen LogP contribution < -0.4 is 5.32 Å². The second kappa shape index (κ2) is 4.97. The smallest absolute Gasteiger partial charge is 0.0953 e. The Labute approximate surface area is 95.6 Å². The Balaban J connectivity index is 2.27. The fourth-order valence-electron chi connectivity index (χ4n) is 1.95. The molecule has 1 aromatic rings. The standard InChI is InChI=1S/C12H16ClNO/c1-2-9-3-4-10(13)7-11(9)12-8-14-5-6-15-12/h3-4,7,12,14H,2,5-6,8H2,1H3. The van der Waals surface area contributed by atoms with E-state index in [0.717, 1.165) is 31.1 Å². The molecule has 0 aromatic heterocycles. The Hall–Kier alpha value is -0.570. The predicted molar refractivity (Wildman–Crippen MR) is 62.4 cm³/mol. The van der Waals surface area contributed by atoms with Gasteiger partial charge in [0.25, 0.3) is 0 Å². The van der Waals surface area contributed by atoms with Crippen molar-refractivity contribution in [1.82, 2.24) is 5.32 Å². The van der Waals surface area contributed by atoms with Crippen molar-refractivity contribution in [2.45, 2.75) is 19.4 Å². The van der Waals surface area contributed by atoms with Crippen LogP contribution in [-0.4, -0.2) is 19.7 Å². The van der Waals surface area contributed by atoms with Gasteiger partial charge in [-0.15, -0.1) is 0 Å². The second-order valence-electron chi connectivity index (χ2n) is 3.76. The lowest BCUT2D eigenvalue weighted by Gasteiger charge is -2.25. The van der Waals surface area contributed by atoms with E-state index in [2.05, 4.69) is 18.3 Å². The first-order valence-corrected chi connectivity index (χ1v) is 5.79. The molecule has 1 aromatic carbocycles. The molecule has 0 radical (unpaired) electrons. The largest absolute Gasteiger partial charge is 0.371 e. The summed E-state index contributed by atoms with van der Waals surface area (Å²) in [5, 5.41) is 4.12. The minimum atomic E-state index is 0.160. The molecule has 82 valence electrons. The fourth-order valence-corrected chi connectivity index (χ4v) is 2.13. The van der Waals surface area contributed by atoms with Crippen molar-refractivity contribution >= 4 is 11.6 Å². The van der Waals surface area contributed by atoms with Gasteiger partial charge in [-0.1, -0.05) is 24.6 Å². The lowest BCUT2D eigenvalue weighted by molar-refractivity contribution is 0.0272. The Bertz CT molecular complexity index is 334. The van der Waals surface area contributed by atoms with Gasteiger partial charge in [0.15, 0.2) is 0 Å². The Morgan fingerprint density at radius 2 is 2.40 bits per heavy atom. The molecule has 1 heterocycles. The summed E-state index contributed by atoms with van der Waals surface area (Å²) in [6, 6.07) is 6.06. The van der Waals surface area contributed by atoms with E-state index in [1.165, 1.54) is 11.1 Å². The van der Waals surface area contributed by atoms with Crippen molar-refractivity contribution in [2.75, 3.05) is 19.7 Å². The minimum Gasteiger partial charge on any atom is -0.371 e. The quantitative estimate of drug-likeness (QED) is 0.836. The molecule has 1 saturated heterocycles. The first kappa shape index (κ1) is 10.9. The third kappa shape index (κ3) is 2.51. The molecule has 1 atom stereocenters. The third-order valence-electron chi connectivity index (χ3n) is 2.76. The maximum atomic E-state index is 6.02. The van der Waals surface area contributed by atoms with E-state index in [-0.39, 0.29) is 6.10 Å². The molecule has 0 spiro atoms. The Morgan fingerprint density at radius 3 is 3.07 bits per heavy atom. The van der Waals surface area contributed by atoms with Crippen LogP contribution in [0.25, 0.3) is 0 Å². The first-order chi connectivity index (χ1) is 7.31. The normalized spacial score (nSPS) is 21.6. The van der Waals surface area contributed by atoms with Crippen LogP contribution >= 0.6 is 11.6 Å². The zero-order chi connectivity index (χ0) is 10.7. The zero-order valence-corrected chi connectivity index (χ0v) is 9.68. The van der Waals surface area contributed by atoms with Gasteiger partial charge in [-0.05, 0) is 29.7 Å². The van der Waals surface area contributed by atoms with E-state index < -0.39 is 0 Å². The summed E-state index contributed by atoms with van der Waals surface area (Å²) in [4.78, 5) is 0. The summed E-state index contributed by atoms with van der Waals surface area (Å²) < 4.78 is 5.74. The Kier molecular flexibility index (Phi) is 3.62. The summed E-state index contributed by atoms with van der Waals surface area (Å²) in [5.74, 6) is 0. The lowest BCUT2D eigenvalue weighted by Crippen LogP contribution is -2.33. The number of halogens is 1. The molecule has 2 rings (SSSR count). The lowest BCUT2D eigenvalue weighted by atomic mass is 10.00. The van der Waals surface area contributed by atoms with Crippen LogP contribution in [0, 0.1) is 0 Å². The van der Waals surface area contributed by atoms with Crippen molar-refractivity contribution in [3.05, 3.63) is 34.3 Å². The summed E-state index contributed by atoms with van der Waals surface area (Å²) >= 11 is 6.02. The molecule has 1 aliphatic rings. The number of morpholine rings is 1. The van der Waals surface area contributed by atoms with Gasteiger partial charge in [-0.2, -0.15) is 0 Å². The zero-order valence-electron chi connectivity index (χ0n) is 8.92. The van der Waals surface area contributed by atoms with Crippen LogP contribution in [0.4, 0.5) is 0 Å². The van der Waals surface area contributed by atoms with Gasteiger partial charge in [0, 0.05) is 18.1 Å². The average Bonchev–Trinajstić information content (AvgIpc) is 2.30. The van der Waals surface area contributed by atoms with Gasteiger partial charge >= 0.3 is 0 Å². The molecule has 3 heteroatoms. The maximum Gasteiger partial charge on any atom is 0.0953 e. The number of nitrogens with one attached hydrogen (secondary N) is 1. The van der Waals surface area contributed by atoms with Crippen LogP contribution in [-0.2, 0) is 11.2 Å². The molecule has 0 aliphatic carbocycles. The molecular weight excluding hydrogens is 210 g/mol. The summed E-state index contributed by atoms with van der Waals surface area (Å²) in [6.45, 7) is 4.76. The average molecular weight is 226 g/mol. The van der Waals surface area contributed by atoms with Crippen molar-refractivity contribution < 1.29 is 4.74 Å². The number of hydrogen-bond donors (Lipinski definition) is 1. The van der Waals surface area contributed by atoms with Gasteiger partial charge < -0.3 is 10.1 Å². The summed E-state index contributed by atoms with van der Waals surface area (Å²) in [7, 11) is 0. The molecule has 15 heavy (non-hydrogen) atoms. The van der Waals surface area contributed by atoms with Crippen LogP contribution in [0.5, 0.6) is 0 Å². The highest BCUT2D eigenvalue weighted by Crippen LogP contribution is 2.26. The van der Waals surface area contributed by atoms with Gasteiger partial charge in [0.05, 0.1) is 12.7 Å². The highest BCUT2D eigenvalue weighted by Gasteiger charge is 2.18. The SMILES string of the molecule is CCc1ccc(Cl)cc1C1CNCCO1. The van der Waals surface area contributed by atoms with Crippen LogP contribution in [0.15, 0.2) is 18.2 Å². The van der Waals surface area contributed by atoms with Crippen molar-refractivity contribution in [3.8, 4) is 0 Å². The molecule has 2 nitrogen and oxygen atoms in total. The van der Waals surface area contributed by atoms with Gasteiger partial charge in [-0.25, -0.2) is 0 Å². The van der Waals surface area contributed by atoms with Crippen LogP contribution in [0.2, 0.25) is 5.02 Å². The van der Waals surface area contributed by atoms with E-state index >= 15 is 0 Å². The van der Waals surface area contributed by atoms with E-state index in [1.807, 2.05) is 12.1 Å². The molecule has 1 unspecified atom stereocenters.